The molecule has 29 heavy (non-hydrogen) atoms. The van der Waals surface area contributed by atoms with Crippen molar-refractivity contribution in [3.8, 4) is 0 Å². The number of nitrogens with one attached hydrogen (secondary N) is 1. The fraction of sp³-hybridized carbons (Fsp3) is 0.318. The maximum Gasteiger partial charge on any atom is 0.270 e. The van der Waals surface area contributed by atoms with Crippen molar-refractivity contribution >= 4 is 17.5 Å². The third-order valence-electron chi connectivity index (χ3n) is 5.36. The van der Waals surface area contributed by atoms with Crippen molar-refractivity contribution in [1.29, 1.82) is 0 Å². The molecule has 1 aliphatic heterocycles. The molecule has 0 aliphatic carbocycles. The van der Waals surface area contributed by atoms with Crippen molar-refractivity contribution in [2.75, 3.05) is 36.0 Å². The summed E-state index contributed by atoms with van der Waals surface area (Å²) in [6, 6.07) is 11.7. The summed E-state index contributed by atoms with van der Waals surface area (Å²) in [4.78, 5) is 25.8. The Morgan fingerprint density at radius 3 is 2.62 bits per heavy atom. The van der Waals surface area contributed by atoms with Gasteiger partial charge in [0.15, 0.2) is 0 Å². The van der Waals surface area contributed by atoms with E-state index in [1.165, 1.54) is 16.8 Å². The molecule has 2 aromatic heterocycles. The van der Waals surface area contributed by atoms with E-state index in [-0.39, 0.29) is 5.91 Å². The predicted molar refractivity (Wildman–Crippen MR) is 112 cm³/mol. The van der Waals surface area contributed by atoms with Gasteiger partial charge in [0.2, 0.25) is 5.95 Å². The summed E-state index contributed by atoms with van der Waals surface area (Å²) in [6.45, 7) is 8.05. The number of carbonyl (C=O) groups excluding carboxylic acids is 1. The van der Waals surface area contributed by atoms with Crippen LogP contribution < -0.4 is 15.1 Å². The molecule has 150 valence electrons. The van der Waals surface area contributed by atoms with Crippen LogP contribution in [0.5, 0.6) is 0 Å². The lowest BCUT2D eigenvalue weighted by molar-refractivity contribution is 0.0943. The van der Waals surface area contributed by atoms with Gasteiger partial charge in [0, 0.05) is 38.1 Å². The molecule has 4 rings (SSSR count). The number of furan rings is 1. The highest BCUT2D eigenvalue weighted by molar-refractivity contribution is 5.92. The summed E-state index contributed by atoms with van der Waals surface area (Å²) in [5, 5.41) is 2.82. The molecule has 1 fully saturated rings. The van der Waals surface area contributed by atoms with Crippen LogP contribution in [0.1, 0.15) is 27.4 Å². The molecule has 1 aliphatic rings. The molecule has 1 N–H and O–H groups in total. The van der Waals surface area contributed by atoms with Gasteiger partial charge >= 0.3 is 0 Å². The number of benzene rings is 1. The molecule has 7 heteroatoms. The number of hydrogen-bond donors (Lipinski definition) is 1. The van der Waals surface area contributed by atoms with Crippen LogP contribution in [0.2, 0.25) is 0 Å². The van der Waals surface area contributed by atoms with Crippen LogP contribution >= 0.6 is 0 Å². The first-order valence-corrected chi connectivity index (χ1v) is 9.81. The minimum Gasteiger partial charge on any atom is -0.467 e. The molecular formula is C22H25N5O2. The van der Waals surface area contributed by atoms with Gasteiger partial charge in [-0.3, -0.25) is 4.79 Å². The molecule has 3 heterocycles. The van der Waals surface area contributed by atoms with Crippen LogP contribution in [0.15, 0.2) is 53.3 Å². The quantitative estimate of drug-likeness (QED) is 0.721. The second-order valence-corrected chi connectivity index (χ2v) is 7.20. The molecule has 0 saturated carbocycles. The van der Waals surface area contributed by atoms with E-state index in [1.807, 2.05) is 6.07 Å². The van der Waals surface area contributed by atoms with Crippen LogP contribution in [-0.2, 0) is 6.54 Å². The molecule has 1 amide bonds. The molecule has 1 saturated heterocycles. The largest absolute Gasteiger partial charge is 0.467 e. The van der Waals surface area contributed by atoms with Gasteiger partial charge in [0.25, 0.3) is 5.91 Å². The minimum absolute atomic E-state index is 0.237. The average molecular weight is 391 g/mol. The number of aryl methyl sites for hydroxylation is 1. The SMILES string of the molecule is Cc1cccc(N2CCN(c3nccc(C(=O)NCc4ccco4)n3)CC2)c1C. The van der Waals surface area contributed by atoms with E-state index < -0.39 is 0 Å². The molecule has 0 unspecified atom stereocenters. The number of piperazine rings is 1. The second-order valence-electron chi connectivity index (χ2n) is 7.20. The molecule has 0 atom stereocenters. The Labute approximate surface area is 170 Å². The van der Waals surface area contributed by atoms with E-state index in [1.54, 1.807) is 24.6 Å². The van der Waals surface area contributed by atoms with Crippen molar-refractivity contribution in [2.24, 2.45) is 0 Å². The Bertz CT molecular complexity index is 979. The number of anilines is 2. The molecule has 0 spiro atoms. The smallest absolute Gasteiger partial charge is 0.270 e. The first-order chi connectivity index (χ1) is 14.1. The molecule has 1 aromatic carbocycles. The lowest BCUT2D eigenvalue weighted by Crippen LogP contribution is -2.47. The van der Waals surface area contributed by atoms with Crippen molar-refractivity contribution in [1.82, 2.24) is 15.3 Å². The number of hydrogen-bond acceptors (Lipinski definition) is 6. The topological polar surface area (TPSA) is 74.5 Å². The maximum absolute atomic E-state index is 12.4. The third-order valence-corrected chi connectivity index (χ3v) is 5.36. The standard InChI is InChI=1S/C22H25N5O2/c1-16-5-3-7-20(17(16)2)26-10-12-27(13-11-26)22-23-9-8-19(25-22)21(28)24-15-18-6-4-14-29-18/h3-9,14H,10-13,15H2,1-2H3,(H,24,28). The van der Waals surface area contributed by atoms with Gasteiger partial charge in [-0.05, 0) is 49.2 Å². The van der Waals surface area contributed by atoms with Gasteiger partial charge in [-0.25, -0.2) is 9.97 Å². The highest BCUT2D eigenvalue weighted by Crippen LogP contribution is 2.24. The van der Waals surface area contributed by atoms with Crippen molar-refractivity contribution < 1.29 is 9.21 Å². The summed E-state index contributed by atoms with van der Waals surface area (Å²) in [7, 11) is 0. The molecule has 0 bridgehead atoms. The normalized spacial score (nSPS) is 14.1. The van der Waals surface area contributed by atoms with E-state index in [0.29, 0.717) is 23.9 Å². The number of amides is 1. The maximum atomic E-state index is 12.4. The zero-order valence-electron chi connectivity index (χ0n) is 16.8. The lowest BCUT2D eigenvalue weighted by Gasteiger charge is -2.37. The Hall–Kier alpha value is -3.35. The first-order valence-electron chi connectivity index (χ1n) is 9.81. The molecule has 7 nitrogen and oxygen atoms in total. The monoisotopic (exact) mass is 391 g/mol. The number of carbonyl (C=O) groups is 1. The summed E-state index contributed by atoms with van der Waals surface area (Å²) < 4.78 is 5.24. The minimum atomic E-state index is -0.237. The molecule has 0 radical (unpaired) electrons. The average Bonchev–Trinajstić information content (AvgIpc) is 3.28. The molecular weight excluding hydrogens is 366 g/mol. The summed E-state index contributed by atoms with van der Waals surface area (Å²) in [6.07, 6.45) is 3.23. The van der Waals surface area contributed by atoms with Crippen molar-refractivity contribution in [2.45, 2.75) is 20.4 Å². The van der Waals surface area contributed by atoms with Crippen LogP contribution in [0.25, 0.3) is 0 Å². The number of rotatable bonds is 5. The molecule has 3 aromatic rings. The van der Waals surface area contributed by atoms with Gasteiger partial charge in [0.05, 0.1) is 12.8 Å². The highest BCUT2D eigenvalue weighted by atomic mass is 16.3. The lowest BCUT2D eigenvalue weighted by atomic mass is 10.1. The Morgan fingerprint density at radius 2 is 1.86 bits per heavy atom. The number of nitrogens with zero attached hydrogens (tertiary/aromatic N) is 4. The van der Waals surface area contributed by atoms with E-state index in [9.17, 15) is 4.79 Å². The van der Waals surface area contributed by atoms with E-state index in [2.05, 4.69) is 57.1 Å². The summed E-state index contributed by atoms with van der Waals surface area (Å²) in [5.41, 5.74) is 4.28. The summed E-state index contributed by atoms with van der Waals surface area (Å²) >= 11 is 0. The summed E-state index contributed by atoms with van der Waals surface area (Å²) in [5.74, 6) is 1.06. The predicted octanol–water partition coefficient (Wildman–Crippen LogP) is 2.94. The van der Waals surface area contributed by atoms with Gasteiger partial charge in [-0.2, -0.15) is 0 Å². The van der Waals surface area contributed by atoms with Crippen molar-refractivity contribution in [3.05, 3.63) is 71.4 Å². The van der Waals surface area contributed by atoms with Crippen molar-refractivity contribution in [3.63, 3.8) is 0 Å². The third kappa shape index (κ3) is 4.23. The van der Waals surface area contributed by atoms with Gasteiger partial charge < -0.3 is 19.5 Å². The highest BCUT2D eigenvalue weighted by Gasteiger charge is 2.21. The van der Waals surface area contributed by atoms with Gasteiger partial charge in [-0.1, -0.05) is 12.1 Å². The first kappa shape index (κ1) is 19.0. The van der Waals surface area contributed by atoms with Gasteiger partial charge in [0.1, 0.15) is 11.5 Å². The fourth-order valence-electron chi connectivity index (χ4n) is 3.52. The van der Waals surface area contributed by atoms with E-state index in [4.69, 9.17) is 4.42 Å². The zero-order chi connectivity index (χ0) is 20.2. The fourth-order valence-corrected chi connectivity index (χ4v) is 3.52. The zero-order valence-corrected chi connectivity index (χ0v) is 16.8. The van der Waals surface area contributed by atoms with Crippen LogP contribution in [-0.4, -0.2) is 42.1 Å². The number of aromatic nitrogens is 2. The van der Waals surface area contributed by atoms with E-state index >= 15 is 0 Å². The Morgan fingerprint density at radius 1 is 1.07 bits per heavy atom. The van der Waals surface area contributed by atoms with E-state index in [0.717, 1.165) is 26.2 Å². The van der Waals surface area contributed by atoms with Gasteiger partial charge in [-0.15, -0.1) is 0 Å². The second kappa shape index (κ2) is 8.34. The Kier molecular flexibility index (Phi) is 5.46. The van der Waals surface area contributed by atoms with Crippen LogP contribution in [0.4, 0.5) is 11.6 Å². The van der Waals surface area contributed by atoms with Crippen LogP contribution in [0.3, 0.4) is 0 Å². The van der Waals surface area contributed by atoms with Crippen LogP contribution in [0, 0.1) is 13.8 Å². The Balaban J connectivity index is 1.39.